The van der Waals surface area contributed by atoms with Crippen molar-refractivity contribution in [3.63, 3.8) is 0 Å². The molecule has 1 heterocycles. The van der Waals surface area contributed by atoms with Gasteiger partial charge in [0.05, 0.1) is 19.3 Å². The molecule has 21 heavy (non-hydrogen) atoms. The molecule has 2 N–H and O–H groups in total. The Hall–Kier alpha value is -0.810. The van der Waals surface area contributed by atoms with E-state index in [2.05, 4.69) is 43.1 Å². The van der Waals surface area contributed by atoms with Crippen LogP contribution in [-0.2, 0) is 11.3 Å². The van der Waals surface area contributed by atoms with Gasteiger partial charge < -0.3 is 20.1 Å². The quantitative estimate of drug-likeness (QED) is 0.896. The smallest absolute Gasteiger partial charge is 0.0980 e. The molecule has 1 aromatic carbocycles. The number of rotatable bonds is 4. The van der Waals surface area contributed by atoms with Crippen LogP contribution >= 0.6 is 11.6 Å². The third-order valence-electron chi connectivity index (χ3n) is 3.55. The minimum absolute atomic E-state index is 0.0534. The van der Waals surface area contributed by atoms with Crippen LogP contribution in [0.3, 0.4) is 0 Å². The van der Waals surface area contributed by atoms with Gasteiger partial charge in [0.1, 0.15) is 0 Å². The van der Waals surface area contributed by atoms with Crippen molar-refractivity contribution in [2.45, 2.75) is 39.0 Å². The molecule has 1 atom stereocenters. The first-order chi connectivity index (χ1) is 9.89. The molecule has 1 aliphatic rings. The van der Waals surface area contributed by atoms with Gasteiger partial charge >= 0.3 is 0 Å². The number of morpholine rings is 1. The van der Waals surface area contributed by atoms with Crippen molar-refractivity contribution in [2.24, 2.45) is 0 Å². The summed E-state index contributed by atoms with van der Waals surface area (Å²) in [5.74, 6) is 0. The maximum atomic E-state index is 9.21. The average molecular weight is 313 g/mol. The predicted molar refractivity (Wildman–Crippen MR) is 87.1 cm³/mol. The zero-order valence-electron chi connectivity index (χ0n) is 13.0. The lowest BCUT2D eigenvalue weighted by atomic mass is 10.1. The lowest BCUT2D eigenvalue weighted by molar-refractivity contribution is 0.00357. The molecule has 0 aliphatic carbocycles. The SMILES string of the molecule is CC(C)(C)NCc1ccc(N2CCOC(CO)C2)cc1Cl. The van der Waals surface area contributed by atoms with E-state index in [0.717, 1.165) is 29.4 Å². The van der Waals surface area contributed by atoms with Crippen molar-refractivity contribution in [2.75, 3.05) is 31.2 Å². The van der Waals surface area contributed by atoms with Crippen LogP contribution in [0.5, 0.6) is 0 Å². The lowest BCUT2D eigenvalue weighted by Crippen LogP contribution is -2.44. The van der Waals surface area contributed by atoms with Gasteiger partial charge in [0.15, 0.2) is 0 Å². The van der Waals surface area contributed by atoms with Crippen LogP contribution in [0, 0.1) is 0 Å². The molecule has 0 radical (unpaired) electrons. The fourth-order valence-corrected chi connectivity index (χ4v) is 2.54. The van der Waals surface area contributed by atoms with Gasteiger partial charge in [-0.3, -0.25) is 0 Å². The molecule has 5 heteroatoms. The van der Waals surface area contributed by atoms with E-state index in [1.165, 1.54) is 0 Å². The Balaban J connectivity index is 2.04. The molecule has 1 fully saturated rings. The molecule has 0 bridgehead atoms. The first-order valence-electron chi connectivity index (χ1n) is 7.40. The van der Waals surface area contributed by atoms with Gasteiger partial charge in [-0.2, -0.15) is 0 Å². The summed E-state index contributed by atoms with van der Waals surface area (Å²) in [7, 11) is 0. The summed E-state index contributed by atoms with van der Waals surface area (Å²) in [6.45, 7) is 9.38. The van der Waals surface area contributed by atoms with Crippen LogP contribution in [0.4, 0.5) is 5.69 Å². The number of ether oxygens (including phenoxy) is 1. The van der Waals surface area contributed by atoms with Crippen LogP contribution in [0.1, 0.15) is 26.3 Å². The fourth-order valence-electron chi connectivity index (χ4n) is 2.30. The molecule has 0 saturated carbocycles. The highest BCUT2D eigenvalue weighted by Crippen LogP contribution is 2.25. The Morgan fingerprint density at radius 1 is 1.43 bits per heavy atom. The number of halogens is 1. The summed E-state index contributed by atoms with van der Waals surface area (Å²) in [6, 6.07) is 6.16. The fraction of sp³-hybridized carbons (Fsp3) is 0.625. The Labute approximate surface area is 132 Å². The first kappa shape index (κ1) is 16.6. The number of anilines is 1. The van der Waals surface area contributed by atoms with Gasteiger partial charge in [0.2, 0.25) is 0 Å². The average Bonchev–Trinajstić information content (AvgIpc) is 2.45. The molecule has 1 aromatic rings. The standard InChI is InChI=1S/C16H25ClN2O2/c1-16(2,3)18-9-12-4-5-13(8-15(12)17)19-6-7-21-14(10-19)11-20/h4-5,8,14,18,20H,6-7,9-11H2,1-3H3. The van der Waals surface area contributed by atoms with Crippen molar-refractivity contribution < 1.29 is 9.84 Å². The summed E-state index contributed by atoms with van der Waals surface area (Å²) in [6.07, 6.45) is -0.111. The first-order valence-corrected chi connectivity index (χ1v) is 7.78. The van der Waals surface area contributed by atoms with Crippen LogP contribution < -0.4 is 10.2 Å². The summed E-state index contributed by atoms with van der Waals surface area (Å²) in [4.78, 5) is 2.21. The number of nitrogens with one attached hydrogen (secondary N) is 1. The minimum atomic E-state index is -0.111. The molecule has 1 saturated heterocycles. The second-order valence-electron chi connectivity index (χ2n) is 6.50. The third kappa shape index (κ3) is 4.85. The number of benzene rings is 1. The zero-order chi connectivity index (χ0) is 15.5. The van der Waals surface area contributed by atoms with E-state index >= 15 is 0 Å². The van der Waals surface area contributed by atoms with Crippen molar-refractivity contribution >= 4 is 17.3 Å². The zero-order valence-corrected chi connectivity index (χ0v) is 13.8. The molecule has 0 amide bonds. The Morgan fingerprint density at radius 2 is 2.19 bits per heavy atom. The summed E-state index contributed by atoms with van der Waals surface area (Å²) < 4.78 is 5.47. The summed E-state index contributed by atoms with van der Waals surface area (Å²) in [5, 5.41) is 13.4. The molecular weight excluding hydrogens is 288 g/mol. The highest BCUT2D eigenvalue weighted by molar-refractivity contribution is 6.31. The molecule has 0 spiro atoms. The maximum Gasteiger partial charge on any atom is 0.0980 e. The van der Waals surface area contributed by atoms with E-state index in [-0.39, 0.29) is 18.2 Å². The van der Waals surface area contributed by atoms with Crippen LogP contribution in [0.2, 0.25) is 5.02 Å². The molecule has 1 unspecified atom stereocenters. The van der Waals surface area contributed by atoms with Gasteiger partial charge in [-0.05, 0) is 38.5 Å². The largest absolute Gasteiger partial charge is 0.394 e. The van der Waals surface area contributed by atoms with Crippen molar-refractivity contribution in [1.29, 1.82) is 0 Å². The van der Waals surface area contributed by atoms with Gasteiger partial charge in [-0.15, -0.1) is 0 Å². The minimum Gasteiger partial charge on any atom is -0.394 e. The van der Waals surface area contributed by atoms with Crippen LogP contribution in [0.25, 0.3) is 0 Å². The van der Waals surface area contributed by atoms with E-state index < -0.39 is 0 Å². The van der Waals surface area contributed by atoms with Gasteiger partial charge in [0.25, 0.3) is 0 Å². The highest BCUT2D eigenvalue weighted by atomic mass is 35.5. The van der Waals surface area contributed by atoms with E-state index in [1.807, 2.05) is 6.07 Å². The number of nitrogens with zero attached hydrogens (tertiary/aromatic N) is 1. The van der Waals surface area contributed by atoms with Crippen LogP contribution in [-0.4, -0.2) is 43.1 Å². The van der Waals surface area contributed by atoms with E-state index in [0.29, 0.717) is 13.2 Å². The molecule has 1 aliphatic heterocycles. The second-order valence-corrected chi connectivity index (χ2v) is 6.91. The van der Waals surface area contributed by atoms with Crippen molar-refractivity contribution in [3.05, 3.63) is 28.8 Å². The lowest BCUT2D eigenvalue weighted by Gasteiger charge is -2.34. The molecule has 118 valence electrons. The Kier molecular flexibility index (Phi) is 5.49. The Bertz CT molecular complexity index is 474. The second kappa shape index (κ2) is 6.97. The number of aliphatic hydroxyl groups is 1. The topological polar surface area (TPSA) is 44.7 Å². The van der Waals surface area contributed by atoms with Crippen LogP contribution in [0.15, 0.2) is 18.2 Å². The molecular formula is C16H25ClN2O2. The van der Waals surface area contributed by atoms with Gasteiger partial charge in [0, 0.05) is 35.9 Å². The predicted octanol–water partition coefficient (Wildman–Crippen LogP) is 2.43. The van der Waals surface area contributed by atoms with Crippen molar-refractivity contribution in [3.8, 4) is 0 Å². The van der Waals surface area contributed by atoms with Gasteiger partial charge in [-0.1, -0.05) is 17.7 Å². The highest BCUT2D eigenvalue weighted by Gasteiger charge is 2.20. The molecule has 4 nitrogen and oxygen atoms in total. The van der Waals surface area contributed by atoms with E-state index in [4.69, 9.17) is 16.3 Å². The van der Waals surface area contributed by atoms with E-state index in [1.54, 1.807) is 0 Å². The number of hydrogen-bond donors (Lipinski definition) is 2. The Morgan fingerprint density at radius 3 is 2.81 bits per heavy atom. The third-order valence-corrected chi connectivity index (χ3v) is 3.91. The van der Waals surface area contributed by atoms with Gasteiger partial charge in [-0.25, -0.2) is 0 Å². The number of aliphatic hydroxyl groups excluding tert-OH is 1. The number of hydrogen-bond acceptors (Lipinski definition) is 4. The maximum absolute atomic E-state index is 9.21. The summed E-state index contributed by atoms with van der Waals surface area (Å²) >= 11 is 6.40. The van der Waals surface area contributed by atoms with E-state index in [9.17, 15) is 5.11 Å². The van der Waals surface area contributed by atoms with Crippen molar-refractivity contribution in [1.82, 2.24) is 5.32 Å². The molecule has 0 aromatic heterocycles. The monoisotopic (exact) mass is 312 g/mol. The molecule has 2 rings (SSSR count). The summed E-state index contributed by atoms with van der Waals surface area (Å²) in [5.41, 5.74) is 2.25. The normalized spacial score (nSPS) is 19.9.